The number of anilines is 1. The third kappa shape index (κ3) is 11.3. The first kappa shape index (κ1) is 44.2. The van der Waals surface area contributed by atoms with Crippen LogP contribution in [0.3, 0.4) is 0 Å². The monoisotopic (exact) mass is 842 g/mol. The molecule has 6 rings (SSSR count). The molecular formula is C44H54ClF3N4O7. The van der Waals surface area contributed by atoms with Gasteiger partial charge in [0.15, 0.2) is 22.9 Å². The van der Waals surface area contributed by atoms with Crippen molar-refractivity contribution in [3.05, 3.63) is 47.1 Å². The average Bonchev–Trinajstić information content (AvgIpc) is 3.74. The SMILES string of the molecule is CCC[C@H](CC(=O)[C@@H]1C[C@@H](Oc2ccc(Cl)cn2)CN1C(=O)[C@@H](CC(=O)[C@@H](Nc1nc2cc(C(F)(F)F)ccc2o1)C1CCCCC1)C(C)(C)C)C(=O)C(=O)CC1CC1. The molecule has 320 valence electrons. The van der Waals surface area contributed by atoms with Crippen molar-refractivity contribution in [1.29, 1.82) is 0 Å². The molecule has 1 aliphatic heterocycles. The number of aromatic nitrogens is 2. The summed E-state index contributed by atoms with van der Waals surface area (Å²) in [6.45, 7) is 7.46. The van der Waals surface area contributed by atoms with Crippen molar-refractivity contribution >= 4 is 57.8 Å². The van der Waals surface area contributed by atoms with Crippen LogP contribution < -0.4 is 10.1 Å². The van der Waals surface area contributed by atoms with E-state index in [9.17, 15) is 37.1 Å². The zero-order chi connectivity index (χ0) is 42.6. The smallest absolute Gasteiger partial charge is 0.416 e. The van der Waals surface area contributed by atoms with Gasteiger partial charge in [-0.05, 0) is 73.6 Å². The van der Waals surface area contributed by atoms with Crippen LogP contribution in [0.1, 0.15) is 117 Å². The predicted molar refractivity (Wildman–Crippen MR) is 215 cm³/mol. The molecule has 3 fully saturated rings. The molecule has 1 amide bonds. The molecule has 15 heteroatoms. The minimum absolute atomic E-state index is 0.00890. The number of alkyl halides is 3. The fraction of sp³-hybridized carbons (Fsp3) is 0.614. The second-order valence-corrected chi connectivity index (χ2v) is 18.1. The normalized spacial score (nSPS) is 20.6. The first-order chi connectivity index (χ1) is 27.9. The molecule has 0 radical (unpaired) electrons. The number of likely N-dealkylation sites (tertiary alicyclic amines) is 1. The molecule has 5 atom stereocenters. The van der Waals surface area contributed by atoms with Gasteiger partial charge in [-0.3, -0.25) is 24.0 Å². The van der Waals surface area contributed by atoms with Gasteiger partial charge < -0.3 is 19.4 Å². The Bertz CT molecular complexity index is 2000. The van der Waals surface area contributed by atoms with Crippen LogP contribution in [0.4, 0.5) is 19.2 Å². The highest BCUT2D eigenvalue weighted by Crippen LogP contribution is 2.39. The van der Waals surface area contributed by atoms with Crippen molar-refractivity contribution < 1.29 is 46.3 Å². The Morgan fingerprint density at radius 3 is 2.36 bits per heavy atom. The van der Waals surface area contributed by atoms with Gasteiger partial charge in [-0.2, -0.15) is 18.2 Å². The van der Waals surface area contributed by atoms with E-state index < -0.39 is 64.7 Å². The Hall–Kier alpha value is -4.33. The molecule has 1 aromatic carbocycles. The number of ketones is 4. The summed E-state index contributed by atoms with van der Waals surface area (Å²) in [6.07, 6.45) is 3.08. The average molecular weight is 843 g/mol. The summed E-state index contributed by atoms with van der Waals surface area (Å²) in [7, 11) is 0. The lowest BCUT2D eigenvalue weighted by Gasteiger charge is -2.36. The predicted octanol–water partition coefficient (Wildman–Crippen LogP) is 9.24. The van der Waals surface area contributed by atoms with Crippen molar-refractivity contribution in [2.45, 2.75) is 136 Å². The van der Waals surface area contributed by atoms with E-state index in [1.807, 2.05) is 27.7 Å². The van der Waals surface area contributed by atoms with Gasteiger partial charge >= 0.3 is 6.18 Å². The van der Waals surface area contributed by atoms with E-state index in [1.165, 1.54) is 17.2 Å². The van der Waals surface area contributed by atoms with Crippen LogP contribution in [0.25, 0.3) is 11.1 Å². The maximum atomic E-state index is 14.9. The van der Waals surface area contributed by atoms with Gasteiger partial charge in [-0.1, -0.05) is 65.0 Å². The molecule has 0 spiro atoms. The Morgan fingerprint density at radius 2 is 1.73 bits per heavy atom. The maximum absolute atomic E-state index is 14.9. The number of oxazole rings is 1. The number of carbonyl (C=O) groups excluding carboxylic acids is 5. The largest absolute Gasteiger partial charge is 0.472 e. The highest BCUT2D eigenvalue weighted by atomic mass is 35.5. The number of hydrogen-bond acceptors (Lipinski definition) is 10. The zero-order valence-corrected chi connectivity index (χ0v) is 34.9. The van der Waals surface area contributed by atoms with Crippen LogP contribution >= 0.6 is 11.6 Å². The number of ether oxygens (including phenoxy) is 1. The molecule has 11 nitrogen and oxygen atoms in total. The molecule has 2 aliphatic carbocycles. The molecule has 1 N–H and O–H groups in total. The number of carbonyl (C=O) groups is 5. The van der Waals surface area contributed by atoms with Crippen LogP contribution in [0.5, 0.6) is 5.88 Å². The topological polar surface area (TPSA) is 149 Å². The lowest BCUT2D eigenvalue weighted by Crippen LogP contribution is -2.49. The molecule has 0 bridgehead atoms. The van der Waals surface area contributed by atoms with E-state index >= 15 is 0 Å². The van der Waals surface area contributed by atoms with Crippen LogP contribution in [0.15, 0.2) is 40.9 Å². The third-order valence-electron chi connectivity index (χ3n) is 12.0. The van der Waals surface area contributed by atoms with Crippen molar-refractivity contribution in [3.63, 3.8) is 0 Å². The Kier molecular flexibility index (Phi) is 13.9. The van der Waals surface area contributed by atoms with E-state index in [4.69, 9.17) is 20.8 Å². The summed E-state index contributed by atoms with van der Waals surface area (Å²) in [5.41, 5.74) is -1.52. The summed E-state index contributed by atoms with van der Waals surface area (Å²) in [6, 6.07) is 4.29. The molecular weight excluding hydrogens is 789 g/mol. The first-order valence-corrected chi connectivity index (χ1v) is 21.2. The van der Waals surface area contributed by atoms with Crippen molar-refractivity contribution in [2.75, 3.05) is 11.9 Å². The summed E-state index contributed by atoms with van der Waals surface area (Å²) < 4.78 is 52.3. The number of halogens is 4. The number of Topliss-reactive ketones (excluding diaryl/α,β-unsaturated/α-hetero) is 4. The van der Waals surface area contributed by atoms with Crippen LogP contribution in [-0.2, 0) is 30.1 Å². The van der Waals surface area contributed by atoms with Crippen molar-refractivity contribution in [2.24, 2.45) is 29.1 Å². The van der Waals surface area contributed by atoms with Gasteiger partial charge in [-0.25, -0.2) is 4.98 Å². The third-order valence-corrected chi connectivity index (χ3v) is 12.2. The van der Waals surface area contributed by atoms with Gasteiger partial charge in [0.05, 0.1) is 29.2 Å². The standard InChI is InChI=1S/C44H54ClF3N4O7/c1-5-9-27(40(56)36(55)18-25-12-13-25)19-34(53)33-21-30(58-38-17-15-29(45)23-49-38)24-52(33)41(57)31(43(2,3)4)22-35(54)39(26-10-7-6-8-11-26)51-42-50-32-20-28(44(46,47)48)14-16-37(32)59-42/h14-17,20,23,25-27,30-31,33,39H,5-13,18-19,21-22,24H2,1-4H3,(H,50,51)/t27-,30-,31-,33+,39+/m1/s1. The number of hydrogen-bond donors (Lipinski definition) is 1. The second-order valence-electron chi connectivity index (χ2n) is 17.7. The zero-order valence-electron chi connectivity index (χ0n) is 34.1. The fourth-order valence-electron chi connectivity index (χ4n) is 8.52. The minimum Gasteiger partial charge on any atom is -0.472 e. The summed E-state index contributed by atoms with van der Waals surface area (Å²) in [5.74, 6) is -3.44. The van der Waals surface area contributed by atoms with Crippen LogP contribution in [0, 0.1) is 29.1 Å². The van der Waals surface area contributed by atoms with Crippen LogP contribution in [-0.4, -0.2) is 68.6 Å². The Labute approximate surface area is 347 Å². The van der Waals surface area contributed by atoms with Crippen molar-refractivity contribution in [1.82, 2.24) is 14.9 Å². The van der Waals surface area contributed by atoms with E-state index in [-0.39, 0.29) is 78.6 Å². The van der Waals surface area contributed by atoms with Gasteiger partial charge in [0.1, 0.15) is 11.6 Å². The van der Waals surface area contributed by atoms with Crippen LogP contribution in [0.2, 0.25) is 5.02 Å². The lowest BCUT2D eigenvalue weighted by molar-refractivity contribution is -0.147. The fourth-order valence-corrected chi connectivity index (χ4v) is 8.63. The van der Waals surface area contributed by atoms with Gasteiger partial charge in [0.25, 0.3) is 6.01 Å². The highest BCUT2D eigenvalue weighted by molar-refractivity contribution is 6.38. The molecule has 0 unspecified atom stereocenters. The summed E-state index contributed by atoms with van der Waals surface area (Å²) in [4.78, 5) is 80.0. The molecule has 3 aliphatic rings. The number of rotatable bonds is 18. The molecule has 3 heterocycles. The van der Waals surface area contributed by atoms with Gasteiger partial charge in [-0.15, -0.1) is 0 Å². The molecule has 2 aromatic heterocycles. The van der Waals surface area contributed by atoms with E-state index in [0.717, 1.165) is 57.1 Å². The second kappa shape index (κ2) is 18.5. The minimum atomic E-state index is -4.57. The number of nitrogens with zero attached hydrogens (tertiary/aromatic N) is 3. The number of pyridine rings is 1. The quantitative estimate of drug-likeness (QED) is 0.123. The van der Waals surface area contributed by atoms with E-state index in [0.29, 0.717) is 17.9 Å². The van der Waals surface area contributed by atoms with Crippen molar-refractivity contribution in [3.8, 4) is 5.88 Å². The maximum Gasteiger partial charge on any atom is 0.416 e. The lowest BCUT2D eigenvalue weighted by atomic mass is 9.74. The Balaban J connectivity index is 1.26. The number of fused-ring (bicyclic) bond motifs is 1. The molecule has 59 heavy (non-hydrogen) atoms. The molecule has 2 saturated carbocycles. The Morgan fingerprint density at radius 1 is 1.00 bits per heavy atom. The van der Waals surface area contributed by atoms with E-state index in [2.05, 4.69) is 15.3 Å². The number of benzene rings is 1. The summed E-state index contributed by atoms with van der Waals surface area (Å²) >= 11 is 6.04. The van der Waals surface area contributed by atoms with Gasteiger partial charge in [0, 0.05) is 49.8 Å². The number of nitrogens with one attached hydrogen (secondary N) is 1. The summed E-state index contributed by atoms with van der Waals surface area (Å²) in [5, 5.41) is 3.52. The van der Waals surface area contributed by atoms with Gasteiger partial charge in [0.2, 0.25) is 17.6 Å². The van der Waals surface area contributed by atoms with E-state index in [1.54, 1.807) is 12.1 Å². The number of amides is 1. The molecule has 1 saturated heterocycles. The molecule has 3 aromatic rings. The first-order valence-electron chi connectivity index (χ1n) is 20.9. The highest BCUT2D eigenvalue weighted by Gasteiger charge is 2.47.